The monoisotopic (exact) mass is 350 g/mol. The van der Waals surface area contributed by atoms with Crippen molar-refractivity contribution in [2.24, 2.45) is 0 Å². The fourth-order valence-corrected chi connectivity index (χ4v) is 3.14. The lowest BCUT2D eigenvalue weighted by Crippen LogP contribution is -2.00. The molecule has 2 aromatic carbocycles. The van der Waals surface area contributed by atoms with Crippen molar-refractivity contribution in [2.45, 2.75) is 12.1 Å². The Labute approximate surface area is 148 Å². The van der Waals surface area contributed by atoms with Gasteiger partial charge in [0.15, 0.2) is 5.76 Å². The van der Waals surface area contributed by atoms with E-state index >= 15 is 0 Å². The topological polar surface area (TPSA) is 69.1 Å². The van der Waals surface area contributed by atoms with E-state index in [2.05, 4.69) is 10.2 Å². The van der Waals surface area contributed by atoms with Crippen LogP contribution in [0, 0.1) is 6.92 Å². The summed E-state index contributed by atoms with van der Waals surface area (Å²) in [5.74, 6) is 0.857. The van der Waals surface area contributed by atoms with Crippen LogP contribution in [0.25, 0.3) is 22.4 Å². The molecule has 0 bridgehead atoms. The number of Topliss-reactive ketones (excluding diaryl/α,β-unsaturated/α-hetero) is 1. The van der Waals surface area contributed by atoms with Gasteiger partial charge in [0.05, 0.1) is 5.75 Å². The van der Waals surface area contributed by atoms with Crippen LogP contribution in [-0.2, 0) is 0 Å². The van der Waals surface area contributed by atoms with Crippen LogP contribution in [0.15, 0.2) is 68.7 Å². The molecule has 0 aliphatic carbocycles. The number of thioether (sulfide) groups is 1. The number of nitrogens with zero attached hydrogens (tertiary/aromatic N) is 2. The summed E-state index contributed by atoms with van der Waals surface area (Å²) in [6, 6.07) is 17.1. The molecule has 25 heavy (non-hydrogen) atoms. The summed E-state index contributed by atoms with van der Waals surface area (Å²) >= 11 is 1.20. The van der Waals surface area contributed by atoms with Gasteiger partial charge in [-0.3, -0.25) is 4.79 Å². The molecule has 0 fully saturated rings. The number of hydrogen-bond donors (Lipinski definition) is 0. The normalized spacial score (nSPS) is 11.1. The van der Waals surface area contributed by atoms with Crippen molar-refractivity contribution in [1.82, 2.24) is 10.2 Å². The maximum atomic E-state index is 12.3. The van der Waals surface area contributed by atoms with Gasteiger partial charge in [0, 0.05) is 10.9 Å². The number of aryl methyl sites for hydroxylation is 1. The third-order valence-corrected chi connectivity index (χ3v) is 4.63. The maximum absolute atomic E-state index is 12.3. The van der Waals surface area contributed by atoms with Gasteiger partial charge in [0.25, 0.3) is 5.22 Å². The molecule has 0 atom stereocenters. The molecule has 4 aromatic rings. The minimum absolute atomic E-state index is 0.114. The zero-order valence-corrected chi connectivity index (χ0v) is 14.2. The van der Waals surface area contributed by atoms with Crippen LogP contribution in [0.1, 0.15) is 16.1 Å². The van der Waals surface area contributed by atoms with E-state index in [9.17, 15) is 4.79 Å². The molecule has 0 saturated carbocycles. The van der Waals surface area contributed by atoms with Crippen molar-refractivity contribution in [3.63, 3.8) is 0 Å². The number of aromatic nitrogens is 2. The number of carbonyl (C=O) groups excluding carboxylic acids is 1. The van der Waals surface area contributed by atoms with Crippen molar-refractivity contribution in [1.29, 1.82) is 0 Å². The second-order valence-electron chi connectivity index (χ2n) is 5.55. The summed E-state index contributed by atoms with van der Waals surface area (Å²) in [6.45, 7) is 1.98. The molecular formula is C19H14N2O3S. The molecule has 0 aliphatic rings. The van der Waals surface area contributed by atoms with Crippen molar-refractivity contribution in [2.75, 3.05) is 5.75 Å². The lowest BCUT2D eigenvalue weighted by molar-refractivity contribution is 0.0994. The molecule has 124 valence electrons. The van der Waals surface area contributed by atoms with Gasteiger partial charge in [-0.1, -0.05) is 48.2 Å². The first-order valence-electron chi connectivity index (χ1n) is 7.75. The number of fused-ring (bicyclic) bond motifs is 1. The highest BCUT2D eigenvalue weighted by atomic mass is 32.2. The summed E-state index contributed by atoms with van der Waals surface area (Å²) in [4.78, 5) is 12.3. The minimum atomic E-state index is -0.114. The molecule has 0 aliphatic heterocycles. The Balaban J connectivity index is 1.46. The summed E-state index contributed by atoms with van der Waals surface area (Å²) in [5.41, 5.74) is 2.65. The number of hydrogen-bond acceptors (Lipinski definition) is 6. The molecule has 2 aromatic heterocycles. The smallest absolute Gasteiger partial charge is 0.277 e. The van der Waals surface area contributed by atoms with Crippen molar-refractivity contribution in [3.05, 3.63) is 65.9 Å². The van der Waals surface area contributed by atoms with E-state index in [0.29, 0.717) is 22.5 Å². The van der Waals surface area contributed by atoms with Gasteiger partial charge in [0.2, 0.25) is 11.7 Å². The lowest BCUT2D eigenvalue weighted by atomic mass is 10.1. The molecule has 0 amide bonds. The quantitative estimate of drug-likeness (QED) is 0.381. The second-order valence-corrected chi connectivity index (χ2v) is 6.47. The standard InChI is InChI=1S/C19H14N2O3S/c1-12-6-2-4-8-14(12)18-20-21-19(24-18)25-11-15(22)17-10-13-7-3-5-9-16(13)23-17/h2-10H,11H2,1H3. The Hall–Kier alpha value is -2.86. The molecule has 0 saturated heterocycles. The Morgan fingerprint density at radius 2 is 1.84 bits per heavy atom. The van der Waals surface area contributed by atoms with E-state index in [4.69, 9.17) is 8.83 Å². The number of ketones is 1. The first kappa shape index (κ1) is 15.7. The number of rotatable bonds is 5. The van der Waals surface area contributed by atoms with Gasteiger partial charge in [-0.2, -0.15) is 0 Å². The van der Waals surface area contributed by atoms with Gasteiger partial charge in [-0.05, 0) is 30.7 Å². The fourth-order valence-electron chi connectivity index (χ4n) is 2.51. The Morgan fingerprint density at radius 1 is 1.04 bits per heavy atom. The minimum Gasteiger partial charge on any atom is -0.453 e. The predicted molar refractivity (Wildman–Crippen MR) is 95.7 cm³/mol. The van der Waals surface area contributed by atoms with Crippen LogP contribution in [0.2, 0.25) is 0 Å². The highest BCUT2D eigenvalue weighted by molar-refractivity contribution is 7.99. The van der Waals surface area contributed by atoms with E-state index in [-0.39, 0.29) is 11.5 Å². The SMILES string of the molecule is Cc1ccccc1-c1nnc(SCC(=O)c2cc3ccccc3o2)o1. The average molecular weight is 350 g/mol. The summed E-state index contributed by atoms with van der Waals surface area (Å²) in [6.07, 6.45) is 0. The van der Waals surface area contributed by atoms with Crippen molar-refractivity contribution >= 4 is 28.5 Å². The molecule has 0 radical (unpaired) electrons. The van der Waals surface area contributed by atoms with Gasteiger partial charge < -0.3 is 8.83 Å². The van der Waals surface area contributed by atoms with Gasteiger partial charge in [0.1, 0.15) is 5.58 Å². The van der Waals surface area contributed by atoms with Gasteiger partial charge in [-0.25, -0.2) is 0 Å². The molecule has 5 nitrogen and oxygen atoms in total. The zero-order valence-electron chi connectivity index (χ0n) is 13.4. The predicted octanol–water partition coefficient (Wildman–Crippen LogP) is 4.77. The van der Waals surface area contributed by atoms with Crippen LogP contribution in [0.5, 0.6) is 0 Å². The van der Waals surface area contributed by atoms with E-state index in [1.807, 2.05) is 55.5 Å². The molecular weight excluding hydrogens is 336 g/mol. The Bertz CT molecular complexity index is 1020. The maximum Gasteiger partial charge on any atom is 0.277 e. The Morgan fingerprint density at radius 3 is 2.68 bits per heavy atom. The van der Waals surface area contributed by atoms with E-state index < -0.39 is 0 Å². The van der Waals surface area contributed by atoms with E-state index in [0.717, 1.165) is 16.5 Å². The van der Waals surface area contributed by atoms with Crippen LogP contribution in [0.4, 0.5) is 0 Å². The van der Waals surface area contributed by atoms with E-state index in [1.54, 1.807) is 6.07 Å². The lowest BCUT2D eigenvalue weighted by Gasteiger charge is -1.98. The first-order valence-corrected chi connectivity index (χ1v) is 8.73. The second kappa shape index (κ2) is 6.57. The van der Waals surface area contributed by atoms with Crippen molar-refractivity contribution in [3.8, 4) is 11.5 Å². The van der Waals surface area contributed by atoms with Gasteiger partial charge >= 0.3 is 0 Å². The third-order valence-electron chi connectivity index (χ3n) is 3.81. The van der Waals surface area contributed by atoms with Crippen LogP contribution in [0.3, 0.4) is 0 Å². The van der Waals surface area contributed by atoms with E-state index in [1.165, 1.54) is 11.8 Å². The molecule has 6 heteroatoms. The summed E-state index contributed by atoms with van der Waals surface area (Å²) in [7, 11) is 0. The molecule has 0 spiro atoms. The summed E-state index contributed by atoms with van der Waals surface area (Å²) < 4.78 is 11.2. The largest absolute Gasteiger partial charge is 0.453 e. The molecule has 0 N–H and O–H groups in total. The average Bonchev–Trinajstić information content (AvgIpc) is 3.27. The Kier molecular flexibility index (Phi) is 4.11. The first-order chi connectivity index (χ1) is 12.2. The van der Waals surface area contributed by atoms with Crippen molar-refractivity contribution < 1.29 is 13.6 Å². The number of carbonyl (C=O) groups is 1. The number of furan rings is 1. The molecule has 4 rings (SSSR count). The number of benzene rings is 2. The molecule has 2 heterocycles. The highest BCUT2D eigenvalue weighted by Gasteiger charge is 2.16. The third kappa shape index (κ3) is 3.21. The van der Waals surface area contributed by atoms with Crippen LogP contribution >= 0.6 is 11.8 Å². The zero-order chi connectivity index (χ0) is 17.2. The number of para-hydroxylation sites is 1. The summed E-state index contributed by atoms with van der Waals surface area (Å²) in [5, 5.41) is 9.34. The van der Waals surface area contributed by atoms with Gasteiger partial charge in [-0.15, -0.1) is 10.2 Å². The molecule has 0 unspecified atom stereocenters. The van der Waals surface area contributed by atoms with Crippen LogP contribution < -0.4 is 0 Å². The fraction of sp³-hybridized carbons (Fsp3) is 0.105. The van der Waals surface area contributed by atoms with Crippen LogP contribution in [-0.4, -0.2) is 21.7 Å². The highest BCUT2D eigenvalue weighted by Crippen LogP contribution is 2.26.